The number of hydrogen-bond acceptors (Lipinski definition) is 3. The molecule has 14 heavy (non-hydrogen) atoms. The molecule has 2 aromatic heterocycles. The van der Waals surface area contributed by atoms with Crippen molar-refractivity contribution in [3.8, 4) is 11.1 Å². The Morgan fingerprint density at radius 3 is 2.50 bits per heavy atom. The number of aromatic nitrogens is 2. The lowest BCUT2D eigenvalue weighted by atomic mass is 10.1. The maximum absolute atomic E-state index is 10.9. The third-order valence-corrected chi connectivity index (χ3v) is 1.94. The Kier molecular flexibility index (Phi) is 2.02. The van der Waals surface area contributed by atoms with Gasteiger partial charge in [-0.15, -0.1) is 0 Å². The van der Waals surface area contributed by atoms with E-state index in [0.29, 0.717) is 5.82 Å². The molecule has 70 valence electrons. The minimum atomic E-state index is -0.194. The zero-order valence-electron chi connectivity index (χ0n) is 7.40. The summed E-state index contributed by atoms with van der Waals surface area (Å²) in [4.78, 5) is 17.4. The van der Waals surface area contributed by atoms with Crippen LogP contribution in [0.5, 0.6) is 0 Å². The number of nitrogens with two attached hydrogens (primary N) is 1. The topological polar surface area (TPSA) is 71.8 Å². The van der Waals surface area contributed by atoms with Crippen molar-refractivity contribution >= 4 is 5.82 Å². The molecule has 4 nitrogen and oxygen atoms in total. The summed E-state index contributed by atoms with van der Waals surface area (Å²) >= 11 is 0. The average molecular weight is 187 g/mol. The first-order valence-electron chi connectivity index (χ1n) is 4.16. The summed E-state index contributed by atoms with van der Waals surface area (Å²) in [6.45, 7) is 0. The summed E-state index contributed by atoms with van der Waals surface area (Å²) in [7, 11) is 0. The number of H-pyrrole nitrogens is 1. The quantitative estimate of drug-likeness (QED) is 0.700. The van der Waals surface area contributed by atoms with Crippen molar-refractivity contribution in [2.24, 2.45) is 0 Å². The number of nitrogens with zero attached hydrogens (tertiary/aromatic N) is 1. The largest absolute Gasteiger partial charge is 0.385 e. The van der Waals surface area contributed by atoms with E-state index in [0.717, 1.165) is 11.1 Å². The van der Waals surface area contributed by atoms with E-state index in [1.807, 2.05) is 12.1 Å². The predicted molar refractivity (Wildman–Crippen MR) is 54.7 cm³/mol. The molecule has 0 aliphatic heterocycles. The Labute approximate surface area is 80.4 Å². The summed E-state index contributed by atoms with van der Waals surface area (Å²) in [5.41, 5.74) is 7.23. The lowest BCUT2D eigenvalue weighted by Gasteiger charge is -2.03. The maximum Gasteiger partial charge on any atom is 0.249 e. The van der Waals surface area contributed by atoms with Crippen LogP contribution in [0.4, 0.5) is 5.82 Å². The molecule has 3 N–H and O–H groups in total. The molecule has 2 heterocycles. The molecular formula is C10H9N3O. The van der Waals surface area contributed by atoms with Crippen LogP contribution in [0.1, 0.15) is 0 Å². The van der Waals surface area contributed by atoms with E-state index >= 15 is 0 Å². The van der Waals surface area contributed by atoms with Crippen molar-refractivity contribution in [3.05, 3.63) is 47.0 Å². The van der Waals surface area contributed by atoms with Crippen LogP contribution < -0.4 is 11.3 Å². The first-order chi connectivity index (χ1) is 6.77. The molecule has 0 spiro atoms. The highest BCUT2D eigenvalue weighted by Crippen LogP contribution is 2.21. The average Bonchev–Trinajstić information content (AvgIpc) is 2.19. The van der Waals surface area contributed by atoms with E-state index in [-0.39, 0.29) is 5.56 Å². The molecule has 0 aliphatic rings. The van der Waals surface area contributed by atoms with Gasteiger partial charge in [0.05, 0.1) is 0 Å². The number of pyridine rings is 2. The van der Waals surface area contributed by atoms with Gasteiger partial charge in [-0.05, 0) is 23.8 Å². The third kappa shape index (κ3) is 1.50. The minimum absolute atomic E-state index is 0.194. The fraction of sp³-hybridized carbons (Fsp3) is 0. The molecule has 0 aromatic carbocycles. The van der Waals surface area contributed by atoms with Gasteiger partial charge in [-0.25, -0.2) is 0 Å². The van der Waals surface area contributed by atoms with E-state index in [9.17, 15) is 4.79 Å². The number of hydrogen-bond donors (Lipinski definition) is 2. The smallest absolute Gasteiger partial charge is 0.249 e. The van der Waals surface area contributed by atoms with Crippen molar-refractivity contribution in [1.29, 1.82) is 0 Å². The lowest BCUT2D eigenvalue weighted by Crippen LogP contribution is -2.07. The summed E-state index contributed by atoms with van der Waals surface area (Å²) in [5, 5.41) is 0. The molecule has 0 saturated heterocycles. The van der Waals surface area contributed by atoms with Gasteiger partial charge in [0.1, 0.15) is 5.82 Å². The number of aromatic amines is 1. The molecule has 0 fully saturated rings. The van der Waals surface area contributed by atoms with Gasteiger partial charge in [0.15, 0.2) is 0 Å². The molecule has 0 unspecified atom stereocenters. The van der Waals surface area contributed by atoms with Crippen LogP contribution in [0.25, 0.3) is 11.1 Å². The van der Waals surface area contributed by atoms with Crippen LogP contribution in [0.2, 0.25) is 0 Å². The van der Waals surface area contributed by atoms with Gasteiger partial charge in [-0.1, -0.05) is 0 Å². The van der Waals surface area contributed by atoms with Gasteiger partial charge in [-0.3, -0.25) is 9.78 Å². The van der Waals surface area contributed by atoms with Gasteiger partial charge < -0.3 is 10.7 Å². The van der Waals surface area contributed by atoms with E-state index in [2.05, 4.69) is 9.97 Å². The molecule has 0 aliphatic carbocycles. The van der Waals surface area contributed by atoms with Crippen molar-refractivity contribution in [2.45, 2.75) is 0 Å². The highest BCUT2D eigenvalue weighted by atomic mass is 16.1. The fourth-order valence-electron chi connectivity index (χ4n) is 1.27. The maximum atomic E-state index is 10.9. The second-order valence-corrected chi connectivity index (χ2v) is 2.89. The van der Waals surface area contributed by atoms with E-state index in [4.69, 9.17) is 5.73 Å². The molecule has 0 amide bonds. The normalized spacial score (nSPS) is 10.0. The Morgan fingerprint density at radius 1 is 1.14 bits per heavy atom. The van der Waals surface area contributed by atoms with Gasteiger partial charge in [0.2, 0.25) is 5.56 Å². The Hall–Kier alpha value is -2.10. The first kappa shape index (κ1) is 8.50. The second kappa shape index (κ2) is 3.33. The van der Waals surface area contributed by atoms with Crippen molar-refractivity contribution < 1.29 is 0 Å². The highest BCUT2D eigenvalue weighted by Gasteiger charge is 2.01. The molecule has 2 rings (SSSR count). The lowest BCUT2D eigenvalue weighted by molar-refractivity contribution is 1.25. The van der Waals surface area contributed by atoms with E-state index < -0.39 is 0 Å². The van der Waals surface area contributed by atoms with Crippen molar-refractivity contribution in [2.75, 3.05) is 5.73 Å². The van der Waals surface area contributed by atoms with Crippen molar-refractivity contribution in [1.82, 2.24) is 9.97 Å². The van der Waals surface area contributed by atoms with E-state index in [1.165, 1.54) is 6.07 Å². The van der Waals surface area contributed by atoms with Crippen LogP contribution in [0.3, 0.4) is 0 Å². The van der Waals surface area contributed by atoms with Crippen LogP contribution in [-0.2, 0) is 0 Å². The number of anilines is 1. The van der Waals surface area contributed by atoms with Crippen molar-refractivity contribution in [3.63, 3.8) is 0 Å². The number of rotatable bonds is 1. The van der Waals surface area contributed by atoms with Gasteiger partial charge in [0, 0.05) is 24.0 Å². The van der Waals surface area contributed by atoms with Gasteiger partial charge in [0.25, 0.3) is 0 Å². The standard InChI is InChI=1S/C10H9N3O/c11-10-8(1-2-9(14)13-10)7-3-5-12-6-4-7/h1-6H,(H3,11,13,14). The zero-order valence-corrected chi connectivity index (χ0v) is 7.40. The van der Waals surface area contributed by atoms with Crippen LogP contribution in [-0.4, -0.2) is 9.97 Å². The van der Waals surface area contributed by atoms with Gasteiger partial charge in [-0.2, -0.15) is 0 Å². The third-order valence-electron chi connectivity index (χ3n) is 1.94. The first-order valence-corrected chi connectivity index (χ1v) is 4.16. The molecule has 0 radical (unpaired) electrons. The molecule has 0 bridgehead atoms. The number of nitrogen functional groups attached to an aromatic ring is 1. The SMILES string of the molecule is Nc1[nH]c(=O)ccc1-c1ccncc1. The van der Waals surface area contributed by atoms with Gasteiger partial charge >= 0.3 is 0 Å². The Morgan fingerprint density at radius 2 is 1.86 bits per heavy atom. The fourth-order valence-corrected chi connectivity index (χ4v) is 1.27. The summed E-state index contributed by atoms with van der Waals surface area (Å²) in [6, 6.07) is 6.82. The number of nitrogens with one attached hydrogen (secondary N) is 1. The minimum Gasteiger partial charge on any atom is -0.385 e. The Bertz CT molecular complexity index is 490. The molecular weight excluding hydrogens is 178 g/mol. The van der Waals surface area contributed by atoms with Crippen LogP contribution in [0.15, 0.2) is 41.5 Å². The molecule has 4 heteroatoms. The molecule has 0 saturated carbocycles. The van der Waals surface area contributed by atoms with Crippen LogP contribution in [0, 0.1) is 0 Å². The monoisotopic (exact) mass is 187 g/mol. The summed E-state index contributed by atoms with van der Waals surface area (Å²) in [5.74, 6) is 0.378. The zero-order chi connectivity index (χ0) is 9.97. The molecule has 0 atom stereocenters. The summed E-state index contributed by atoms with van der Waals surface area (Å²) in [6.07, 6.45) is 3.36. The van der Waals surface area contributed by atoms with E-state index in [1.54, 1.807) is 18.5 Å². The second-order valence-electron chi connectivity index (χ2n) is 2.89. The predicted octanol–water partition coefficient (Wildman–Crippen LogP) is 1.02. The Balaban J connectivity index is 2.58. The van der Waals surface area contributed by atoms with Crippen LogP contribution >= 0.6 is 0 Å². The summed E-state index contributed by atoms with van der Waals surface area (Å²) < 4.78 is 0. The molecule has 2 aromatic rings. The highest BCUT2D eigenvalue weighted by molar-refractivity contribution is 5.72.